The lowest BCUT2D eigenvalue weighted by Crippen LogP contribution is -2.47. The minimum absolute atomic E-state index is 0.0564. The van der Waals surface area contributed by atoms with E-state index in [-0.39, 0.29) is 17.2 Å². The van der Waals surface area contributed by atoms with Crippen LogP contribution in [0.1, 0.15) is 33.0 Å². The fourth-order valence-corrected chi connectivity index (χ4v) is 4.13. The maximum Gasteiger partial charge on any atom is 0.192 e. The Kier molecular flexibility index (Phi) is 4.91. The van der Waals surface area contributed by atoms with Gasteiger partial charge >= 0.3 is 0 Å². The van der Waals surface area contributed by atoms with Crippen molar-refractivity contribution in [2.75, 3.05) is 6.54 Å². The van der Waals surface area contributed by atoms with E-state index in [0.29, 0.717) is 19.4 Å². The summed E-state index contributed by atoms with van der Waals surface area (Å²) in [7, 11) is 0.00626. The van der Waals surface area contributed by atoms with E-state index in [0.717, 1.165) is 5.82 Å². The second-order valence-electron chi connectivity index (χ2n) is 7.97. The molecule has 130 valence electrons. The molecule has 1 aliphatic heterocycles. The monoisotopic (exact) mass is 338 g/mol. The lowest BCUT2D eigenvalue weighted by Gasteiger charge is -2.38. The van der Waals surface area contributed by atoms with Gasteiger partial charge in [0.15, 0.2) is 8.32 Å². The average Bonchev–Trinajstić information content (AvgIpc) is 2.95. The molecular weight excluding hydrogens is 310 g/mol. The third-order valence-electron chi connectivity index (χ3n) is 5.22. The highest BCUT2D eigenvalue weighted by atomic mass is 28.4. The number of nitrogens with zero attached hydrogens (tertiary/aromatic N) is 3. The summed E-state index contributed by atoms with van der Waals surface area (Å²) in [5, 5.41) is 11.6. The second-order valence-corrected chi connectivity index (χ2v) is 12.7. The van der Waals surface area contributed by atoms with Crippen LogP contribution in [0.15, 0.2) is 12.4 Å². The highest BCUT2D eigenvalue weighted by Gasteiger charge is 2.42. The van der Waals surface area contributed by atoms with Gasteiger partial charge in [0.25, 0.3) is 0 Å². The summed E-state index contributed by atoms with van der Waals surface area (Å²) >= 11 is 0. The van der Waals surface area contributed by atoms with Crippen LogP contribution < -0.4 is 5.11 Å². The highest BCUT2D eigenvalue weighted by Crippen LogP contribution is 2.39. The van der Waals surface area contributed by atoms with Crippen molar-refractivity contribution in [1.82, 2.24) is 14.5 Å². The molecule has 0 spiro atoms. The zero-order valence-corrected chi connectivity index (χ0v) is 16.0. The number of aryl methyl sites for hydroxylation is 1. The summed E-state index contributed by atoms with van der Waals surface area (Å²) < 4.78 is 8.33. The minimum atomic E-state index is -1.91. The van der Waals surface area contributed by atoms with Crippen molar-refractivity contribution < 1.29 is 14.3 Å². The van der Waals surface area contributed by atoms with Gasteiger partial charge in [-0.3, -0.25) is 0 Å². The molecule has 1 saturated heterocycles. The third-order valence-corrected chi connectivity index (χ3v) is 9.75. The normalized spacial score (nSPS) is 22.6. The van der Waals surface area contributed by atoms with Crippen LogP contribution in [-0.4, -0.2) is 47.6 Å². The topological polar surface area (TPSA) is 70.4 Å². The van der Waals surface area contributed by atoms with Crippen LogP contribution in [0.5, 0.6) is 0 Å². The largest absolute Gasteiger partial charge is 0.530 e. The van der Waals surface area contributed by atoms with Crippen molar-refractivity contribution in [3.8, 4) is 0 Å². The Bertz CT molecular complexity index is 565. The Hall–Kier alpha value is -1.34. The third kappa shape index (κ3) is 3.95. The van der Waals surface area contributed by atoms with E-state index in [1.54, 1.807) is 6.20 Å². The van der Waals surface area contributed by atoms with Crippen molar-refractivity contribution in [2.45, 2.75) is 63.9 Å². The first-order chi connectivity index (χ1) is 10.5. The molecular formula is C16H28N3O3Si-. The maximum atomic E-state index is 11.5. The first-order valence-electron chi connectivity index (χ1n) is 8.13. The Labute approximate surface area is 139 Å². The van der Waals surface area contributed by atoms with Crippen LogP contribution >= 0.6 is 0 Å². The number of rotatable bonds is 4. The second kappa shape index (κ2) is 6.28. The fraction of sp³-hybridized carbons (Fsp3) is 0.750. The molecule has 1 fully saturated rings. The molecule has 7 heteroatoms. The number of imidazole rings is 1. The molecule has 1 aliphatic rings. The molecule has 0 saturated carbocycles. The van der Waals surface area contributed by atoms with E-state index in [1.807, 2.05) is 17.8 Å². The van der Waals surface area contributed by atoms with Crippen LogP contribution in [0.25, 0.3) is 0 Å². The van der Waals surface area contributed by atoms with Gasteiger partial charge in [0.2, 0.25) is 0 Å². The molecule has 2 rings (SSSR count). The predicted molar refractivity (Wildman–Crippen MR) is 89.5 cm³/mol. The summed E-state index contributed by atoms with van der Waals surface area (Å²) in [5.41, 5.74) is 0. The highest BCUT2D eigenvalue weighted by molar-refractivity contribution is 6.74. The van der Waals surface area contributed by atoms with E-state index in [2.05, 4.69) is 38.8 Å². The molecule has 0 aliphatic carbocycles. The van der Waals surface area contributed by atoms with Crippen LogP contribution in [0.3, 0.4) is 0 Å². The number of carboxylic acid groups (broad SMARTS) is 1. The van der Waals surface area contributed by atoms with Gasteiger partial charge in [-0.25, -0.2) is 4.98 Å². The molecule has 0 aromatic carbocycles. The first kappa shape index (κ1) is 18.0. The number of hydrogen-bond acceptors (Lipinski definition) is 4. The average molecular weight is 339 g/mol. The van der Waals surface area contributed by atoms with Crippen LogP contribution in [-0.2, 0) is 17.9 Å². The number of likely N-dealkylation sites (tertiary alicyclic amines) is 1. The Morgan fingerprint density at radius 2 is 2.13 bits per heavy atom. The zero-order valence-electron chi connectivity index (χ0n) is 15.0. The zero-order chi connectivity index (χ0) is 17.4. The molecule has 1 amide bonds. The number of hydrogen-bond donors (Lipinski definition) is 0. The van der Waals surface area contributed by atoms with E-state index in [4.69, 9.17) is 4.43 Å². The molecule has 0 unspecified atom stereocenters. The van der Waals surface area contributed by atoms with E-state index in [1.165, 1.54) is 4.90 Å². The maximum absolute atomic E-state index is 11.5. The first-order valence-corrected chi connectivity index (χ1v) is 11.0. The molecule has 23 heavy (non-hydrogen) atoms. The van der Waals surface area contributed by atoms with Gasteiger partial charge in [0.05, 0.1) is 6.10 Å². The molecule has 1 aromatic heterocycles. The minimum Gasteiger partial charge on any atom is -0.530 e. The van der Waals surface area contributed by atoms with E-state index >= 15 is 0 Å². The van der Waals surface area contributed by atoms with Gasteiger partial charge in [-0.2, -0.15) is 0 Å². The van der Waals surface area contributed by atoms with Crippen molar-refractivity contribution in [3.05, 3.63) is 18.2 Å². The van der Waals surface area contributed by atoms with Crippen LogP contribution in [0, 0.1) is 0 Å². The predicted octanol–water partition coefficient (Wildman–Crippen LogP) is 1.77. The SMILES string of the molecule is Cn1ccnc1C[C@@H]1C[C@@H](O[Si](C)(C)C(C)(C)C)CN1C(=O)[O-]. The molecule has 0 N–H and O–H groups in total. The number of amides is 1. The van der Waals surface area contributed by atoms with Crippen LogP contribution in [0.4, 0.5) is 4.79 Å². The molecule has 1 aromatic rings. The van der Waals surface area contributed by atoms with Gasteiger partial charge in [-0.05, 0) is 24.6 Å². The van der Waals surface area contributed by atoms with Crippen molar-refractivity contribution in [3.63, 3.8) is 0 Å². The molecule has 6 nitrogen and oxygen atoms in total. The standard InChI is InChI=1S/C16H29N3O3Si/c1-16(2,3)23(5,6)22-13-9-12(19(11-13)15(20)21)10-14-17-7-8-18(14)4/h7-8,12-13H,9-11H2,1-6H3,(H,20,21)/p-1/t12-,13+/m0/s1. The lowest BCUT2D eigenvalue weighted by atomic mass is 10.1. The Morgan fingerprint density at radius 3 is 2.61 bits per heavy atom. The summed E-state index contributed by atoms with van der Waals surface area (Å²) in [5.74, 6) is 0.884. The van der Waals surface area contributed by atoms with Gasteiger partial charge in [0, 0.05) is 38.4 Å². The summed E-state index contributed by atoms with van der Waals surface area (Å²) in [6, 6.07) is -0.129. The summed E-state index contributed by atoms with van der Waals surface area (Å²) in [4.78, 5) is 17.2. The van der Waals surface area contributed by atoms with Crippen molar-refractivity contribution in [1.29, 1.82) is 0 Å². The Morgan fingerprint density at radius 1 is 1.48 bits per heavy atom. The van der Waals surface area contributed by atoms with E-state index in [9.17, 15) is 9.90 Å². The lowest BCUT2D eigenvalue weighted by molar-refractivity contribution is -0.266. The summed E-state index contributed by atoms with van der Waals surface area (Å²) in [6.45, 7) is 11.4. The molecule has 0 radical (unpaired) electrons. The molecule has 2 atom stereocenters. The summed E-state index contributed by atoms with van der Waals surface area (Å²) in [6.07, 6.45) is 3.72. The van der Waals surface area contributed by atoms with Crippen LogP contribution in [0.2, 0.25) is 18.1 Å². The van der Waals surface area contributed by atoms with Crippen molar-refractivity contribution >= 4 is 14.4 Å². The van der Waals surface area contributed by atoms with Crippen molar-refractivity contribution in [2.24, 2.45) is 7.05 Å². The van der Waals surface area contributed by atoms with E-state index < -0.39 is 14.4 Å². The van der Waals surface area contributed by atoms with Gasteiger partial charge < -0.3 is 23.8 Å². The number of carbonyl (C=O) groups is 1. The fourth-order valence-electron chi connectivity index (χ4n) is 2.77. The van der Waals surface area contributed by atoms with Gasteiger partial charge in [0.1, 0.15) is 11.9 Å². The number of carbonyl (C=O) groups excluding carboxylic acids is 1. The smallest absolute Gasteiger partial charge is 0.192 e. The molecule has 0 bridgehead atoms. The van der Waals surface area contributed by atoms with Gasteiger partial charge in [-0.1, -0.05) is 20.8 Å². The molecule has 2 heterocycles. The Balaban J connectivity index is 2.09. The van der Waals surface area contributed by atoms with Gasteiger partial charge in [-0.15, -0.1) is 0 Å². The quantitative estimate of drug-likeness (QED) is 0.785. The number of aromatic nitrogens is 2.